The first kappa shape index (κ1) is 23.9. The maximum atomic E-state index is 13.5. The third-order valence-corrected chi connectivity index (χ3v) is 7.94. The van der Waals surface area contributed by atoms with Crippen LogP contribution in [-0.2, 0) is 11.0 Å². The monoisotopic (exact) mass is 462 g/mol. The number of carbonyl (C=O) groups excluding carboxylic acids is 1. The van der Waals surface area contributed by atoms with Crippen LogP contribution in [-0.4, -0.2) is 62.0 Å². The van der Waals surface area contributed by atoms with E-state index in [0.717, 1.165) is 32.0 Å². The number of amides is 1. The highest BCUT2D eigenvalue weighted by Crippen LogP contribution is 2.41. The number of hydrogen-bond acceptors (Lipinski definition) is 4. The molecular weight excluding hydrogens is 429 g/mol. The molecule has 3 aliphatic rings. The lowest BCUT2D eigenvalue weighted by molar-refractivity contribution is -0.137. The predicted molar refractivity (Wildman–Crippen MR) is 121 cm³/mol. The molecule has 0 aromatic heterocycles. The van der Waals surface area contributed by atoms with E-state index >= 15 is 0 Å². The van der Waals surface area contributed by atoms with Gasteiger partial charge in [0, 0.05) is 38.9 Å². The Bertz CT molecular complexity index is 896. The summed E-state index contributed by atoms with van der Waals surface area (Å²) < 4.78 is 40.5. The Hall–Kier alpha value is -2.27. The summed E-state index contributed by atoms with van der Waals surface area (Å²) in [5, 5.41) is 9.11. The second-order valence-corrected chi connectivity index (χ2v) is 10.1. The molecule has 0 bridgehead atoms. The van der Waals surface area contributed by atoms with Gasteiger partial charge in [0.2, 0.25) is 5.91 Å². The largest absolute Gasteiger partial charge is 0.417 e. The maximum absolute atomic E-state index is 13.5. The normalized spacial score (nSPS) is 25.4. The summed E-state index contributed by atoms with van der Waals surface area (Å²) in [7, 11) is 3.49. The van der Waals surface area contributed by atoms with Gasteiger partial charge in [-0.25, -0.2) is 0 Å². The van der Waals surface area contributed by atoms with Crippen LogP contribution >= 0.6 is 0 Å². The Morgan fingerprint density at radius 3 is 2.33 bits per heavy atom. The molecule has 5 nitrogen and oxygen atoms in total. The Kier molecular flexibility index (Phi) is 6.90. The van der Waals surface area contributed by atoms with Crippen LogP contribution in [0.1, 0.15) is 49.7 Å². The van der Waals surface area contributed by atoms with Gasteiger partial charge in [0.05, 0.1) is 23.1 Å². The fourth-order valence-electron chi connectivity index (χ4n) is 6.15. The number of piperidine rings is 1. The first-order chi connectivity index (χ1) is 15.7. The zero-order valence-electron chi connectivity index (χ0n) is 19.4. The molecule has 0 spiro atoms. The molecule has 2 aliphatic heterocycles. The summed E-state index contributed by atoms with van der Waals surface area (Å²) in [6.45, 7) is 3.07. The predicted octanol–water partition coefficient (Wildman–Crippen LogP) is 4.37. The number of hydrogen-bond donors (Lipinski definition) is 0. The molecule has 1 aromatic carbocycles. The van der Waals surface area contributed by atoms with E-state index < -0.39 is 11.7 Å². The van der Waals surface area contributed by atoms with Crippen LogP contribution in [0.3, 0.4) is 0 Å². The molecular formula is C25H33F3N4O. The van der Waals surface area contributed by atoms with Gasteiger partial charge in [-0.1, -0.05) is 12.8 Å². The van der Waals surface area contributed by atoms with Crippen LogP contribution in [0, 0.1) is 29.1 Å². The summed E-state index contributed by atoms with van der Waals surface area (Å²) in [5.41, 5.74) is -0.850. The van der Waals surface area contributed by atoms with Crippen LogP contribution in [0.25, 0.3) is 0 Å². The van der Waals surface area contributed by atoms with Gasteiger partial charge in [0.25, 0.3) is 0 Å². The van der Waals surface area contributed by atoms with Gasteiger partial charge in [-0.15, -0.1) is 0 Å². The lowest BCUT2D eigenvalue weighted by Gasteiger charge is -2.39. The van der Waals surface area contributed by atoms with E-state index in [9.17, 15) is 18.0 Å². The Balaban J connectivity index is 1.53. The molecule has 8 heteroatoms. The third kappa shape index (κ3) is 4.98. The highest BCUT2D eigenvalue weighted by molar-refractivity contribution is 5.80. The lowest BCUT2D eigenvalue weighted by atomic mass is 9.77. The highest BCUT2D eigenvalue weighted by atomic mass is 19.4. The summed E-state index contributed by atoms with van der Waals surface area (Å²) in [6.07, 6.45) is 2.67. The number of likely N-dealkylation sites (tertiary alicyclic amines) is 1. The van der Waals surface area contributed by atoms with Gasteiger partial charge < -0.3 is 14.7 Å². The molecule has 1 aliphatic carbocycles. The van der Waals surface area contributed by atoms with Gasteiger partial charge in [-0.3, -0.25) is 4.79 Å². The first-order valence-electron chi connectivity index (χ1n) is 12.0. The van der Waals surface area contributed by atoms with Crippen LogP contribution in [0.4, 0.5) is 18.9 Å². The van der Waals surface area contributed by atoms with E-state index in [1.54, 1.807) is 31.1 Å². The van der Waals surface area contributed by atoms with Crippen molar-refractivity contribution in [2.75, 3.05) is 45.2 Å². The van der Waals surface area contributed by atoms with Crippen molar-refractivity contribution in [3.63, 3.8) is 0 Å². The van der Waals surface area contributed by atoms with Crippen molar-refractivity contribution in [1.82, 2.24) is 9.80 Å². The van der Waals surface area contributed by atoms with Crippen molar-refractivity contribution in [2.24, 2.45) is 17.8 Å². The number of anilines is 1. The van der Waals surface area contributed by atoms with Crippen LogP contribution in [0.5, 0.6) is 0 Å². The molecule has 2 atom stereocenters. The second kappa shape index (κ2) is 9.54. The Morgan fingerprint density at radius 1 is 1.09 bits per heavy atom. The van der Waals surface area contributed by atoms with Crippen molar-refractivity contribution in [3.8, 4) is 6.07 Å². The van der Waals surface area contributed by atoms with Crippen LogP contribution < -0.4 is 4.90 Å². The van der Waals surface area contributed by atoms with Gasteiger partial charge >= 0.3 is 6.18 Å². The summed E-state index contributed by atoms with van der Waals surface area (Å²) in [5.74, 6) is 0.330. The quantitative estimate of drug-likeness (QED) is 0.667. The molecule has 33 heavy (non-hydrogen) atoms. The average Bonchev–Trinajstić information content (AvgIpc) is 3.48. The Labute approximate surface area is 194 Å². The molecule has 0 N–H and O–H groups in total. The average molecular weight is 463 g/mol. The van der Waals surface area contributed by atoms with E-state index in [0.29, 0.717) is 30.7 Å². The molecule has 180 valence electrons. The number of halogens is 3. The SMILES string of the molecule is CN(C)C(=O)[C@@H]1CN(c2ccc(C#N)c(C(F)(F)F)c2)C[C@H]1C1CCN(C2CCCC2)CC1. The summed E-state index contributed by atoms with van der Waals surface area (Å²) >= 11 is 0. The molecule has 2 heterocycles. The van der Waals surface area contributed by atoms with Gasteiger partial charge in [-0.2, -0.15) is 18.4 Å². The topological polar surface area (TPSA) is 50.6 Å². The van der Waals surface area contributed by atoms with Crippen molar-refractivity contribution in [1.29, 1.82) is 5.26 Å². The van der Waals surface area contributed by atoms with Crippen molar-refractivity contribution >= 4 is 11.6 Å². The van der Waals surface area contributed by atoms with E-state index in [-0.39, 0.29) is 23.3 Å². The van der Waals surface area contributed by atoms with Crippen LogP contribution in [0.2, 0.25) is 0 Å². The van der Waals surface area contributed by atoms with Crippen molar-refractivity contribution in [2.45, 2.75) is 50.7 Å². The fourth-order valence-corrected chi connectivity index (χ4v) is 6.15. The molecule has 2 saturated heterocycles. The second-order valence-electron chi connectivity index (χ2n) is 10.1. The zero-order valence-corrected chi connectivity index (χ0v) is 19.4. The maximum Gasteiger partial charge on any atom is 0.417 e. The first-order valence-corrected chi connectivity index (χ1v) is 12.0. The molecule has 0 radical (unpaired) electrons. The molecule has 1 saturated carbocycles. The number of benzene rings is 1. The van der Waals surface area contributed by atoms with E-state index in [2.05, 4.69) is 4.90 Å². The van der Waals surface area contributed by atoms with Crippen molar-refractivity contribution < 1.29 is 18.0 Å². The van der Waals surface area contributed by atoms with Gasteiger partial charge in [-0.05, 0) is 68.8 Å². The number of rotatable bonds is 4. The van der Waals surface area contributed by atoms with Gasteiger partial charge in [0.1, 0.15) is 0 Å². The standard InChI is InChI=1S/C25H33F3N4O/c1-30(2)24(33)22-16-32(20-8-7-18(14-29)23(13-20)25(26,27)28)15-21(22)17-9-11-31(12-10-17)19-5-3-4-6-19/h7-8,13,17,19,21-22H,3-6,9-12,15-16H2,1-2H3/t21-,22+/m0/s1. The minimum Gasteiger partial charge on any atom is -0.370 e. The highest BCUT2D eigenvalue weighted by Gasteiger charge is 2.44. The molecule has 3 fully saturated rings. The number of alkyl halides is 3. The smallest absolute Gasteiger partial charge is 0.370 e. The van der Waals surface area contributed by atoms with Crippen molar-refractivity contribution in [3.05, 3.63) is 29.3 Å². The zero-order chi connectivity index (χ0) is 23.8. The van der Waals surface area contributed by atoms with Gasteiger partial charge in [0.15, 0.2) is 0 Å². The molecule has 4 rings (SSSR count). The fraction of sp³-hybridized carbons (Fsp3) is 0.680. The number of nitrogens with zero attached hydrogens (tertiary/aromatic N) is 4. The van der Waals surface area contributed by atoms with E-state index in [1.165, 1.54) is 31.7 Å². The van der Waals surface area contributed by atoms with Crippen LogP contribution in [0.15, 0.2) is 18.2 Å². The third-order valence-electron chi connectivity index (χ3n) is 7.94. The van der Waals surface area contributed by atoms with E-state index in [1.807, 2.05) is 4.90 Å². The summed E-state index contributed by atoms with van der Waals surface area (Å²) in [6, 6.07) is 6.24. The number of nitriles is 1. The minimum absolute atomic E-state index is 0.0467. The summed E-state index contributed by atoms with van der Waals surface area (Å²) in [4.78, 5) is 19.2. The minimum atomic E-state index is -4.59. The molecule has 1 aromatic rings. The molecule has 1 amide bonds. The van der Waals surface area contributed by atoms with E-state index in [4.69, 9.17) is 5.26 Å². The number of carbonyl (C=O) groups is 1. The Morgan fingerprint density at radius 2 is 1.76 bits per heavy atom. The molecule has 0 unspecified atom stereocenters. The lowest BCUT2D eigenvalue weighted by Crippen LogP contribution is -2.44.